The number of imidazole rings is 1. The van der Waals surface area contributed by atoms with Gasteiger partial charge >= 0.3 is 0 Å². The number of hydrogen-bond donors (Lipinski definition) is 0. The van der Waals surface area contributed by atoms with E-state index < -0.39 is 0 Å². The van der Waals surface area contributed by atoms with Crippen LogP contribution < -0.4 is 4.74 Å². The van der Waals surface area contributed by atoms with E-state index in [1.807, 2.05) is 44.2 Å². The van der Waals surface area contributed by atoms with Gasteiger partial charge in [0.1, 0.15) is 10.9 Å². The van der Waals surface area contributed by atoms with Gasteiger partial charge in [0.2, 0.25) is 0 Å². The van der Waals surface area contributed by atoms with E-state index in [0.29, 0.717) is 5.15 Å². The second-order valence-electron chi connectivity index (χ2n) is 4.76. The van der Waals surface area contributed by atoms with Crippen molar-refractivity contribution in [2.45, 2.75) is 20.0 Å². The third-order valence-corrected chi connectivity index (χ3v) is 3.05. The summed E-state index contributed by atoms with van der Waals surface area (Å²) in [5.74, 6) is 0.851. The number of aromatic nitrogens is 3. The third-order valence-electron chi connectivity index (χ3n) is 2.85. The second kappa shape index (κ2) is 5.13. The first kappa shape index (κ1) is 12.9. The minimum atomic E-state index is 0.164. The second-order valence-corrected chi connectivity index (χ2v) is 5.15. The number of fused-ring (bicyclic) bond motifs is 1. The Hall–Kier alpha value is -2.07. The maximum atomic E-state index is 5.94. The van der Waals surface area contributed by atoms with Crippen molar-refractivity contribution in [3.63, 3.8) is 0 Å². The van der Waals surface area contributed by atoms with Gasteiger partial charge < -0.3 is 4.74 Å². The van der Waals surface area contributed by atoms with Crippen LogP contribution in [-0.2, 0) is 0 Å². The molecule has 0 spiro atoms. The van der Waals surface area contributed by atoms with Crippen molar-refractivity contribution >= 4 is 17.2 Å². The predicted octanol–water partition coefficient (Wildman–Crippen LogP) is 3.84. The average Bonchev–Trinajstić information content (AvgIpc) is 2.82. The average molecular weight is 288 g/mol. The molecule has 20 heavy (non-hydrogen) atoms. The van der Waals surface area contributed by atoms with Crippen molar-refractivity contribution in [1.29, 1.82) is 0 Å². The predicted molar refractivity (Wildman–Crippen MR) is 79.2 cm³/mol. The first-order chi connectivity index (χ1) is 9.63. The number of rotatable bonds is 3. The summed E-state index contributed by atoms with van der Waals surface area (Å²) in [7, 11) is 0. The van der Waals surface area contributed by atoms with Gasteiger partial charge in [-0.3, -0.25) is 0 Å². The van der Waals surface area contributed by atoms with Crippen LogP contribution >= 0.6 is 11.6 Å². The van der Waals surface area contributed by atoms with Crippen LogP contribution in [0.4, 0.5) is 0 Å². The van der Waals surface area contributed by atoms with E-state index in [1.165, 1.54) is 0 Å². The molecule has 0 amide bonds. The van der Waals surface area contributed by atoms with Crippen LogP contribution in [0.25, 0.3) is 16.9 Å². The minimum absolute atomic E-state index is 0.164. The van der Waals surface area contributed by atoms with Crippen LogP contribution in [0.1, 0.15) is 13.8 Å². The van der Waals surface area contributed by atoms with E-state index >= 15 is 0 Å². The fourth-order valence-electron chi connectivity index (χ4n) is 2.02. The molecule has 0 fully saturated rings. The summed E-state index contributed by atoms with van der Waals surface area (Å²) in [6.07, 6.45) is 1.95. The van der Waals surface area contributed by atoms with Crippen molar-refractivity contribution in [3.8, 4) is 17.0 Å². The van der Waals surface area contributed by atoms with Crippen molar-refractivity contribution in [2.75, 3.05) is 0 Å². The molecule has 2 heterocycles. The van der Waals surface area contributed by atoms with Gasteiger partial charge in [0.15, 0.2) is 5.65 Å². The molecule has 0 N–H and O–H groups in total. The van der Waals surface area contributed by atoms with Crippen LogP contribution in [-0.4, -0.2) is 20.7 Å². The van der Waals surface area contributed by atoms with Gasteiger partial charge in [-0.15, -0.1) is 0 Å². The molecule has 102 valence electrons. The molecule has 4 nitrogen and oxygen atoms in total. The number of nitrogens with zero attached hydrogens (tertiary/aromatic N) is 3. The molecule has 0 bridgehead atoms. The minimum Gasteiger partial charge on any atom is -0.491 e. The van der Waals surface area contributed by atoms with Crippen molar-refractivity contribution < 1.29 is 4.74 Å². The Balaban J connectivity index is 2.00. The lowest BCUT2D eigenvalue weighted by Crippen LogP contribution is -2.05. The number of halogens is 1. The van der Waals surface area contributed by atoms with Crippen molar-refractivity contribution in [2.24, 2.45) is 0 Å². The van der Waals surface area contributed by atoms with Gasteiger partial charge in [-0.25, -0.2) is 9.50 Å². The molecule has 0 atom stereocenters. The van der Waals surface area contributed by atoms with E-state index in [-0.39, 0.29) is 6.10 Å². The molecule has 0 aliphatic rings. The van der Waals surface area contributed by atoms with E-state index in [9.17, 15) is 0 Å². The largest absolute Gasteiger partial charge is 0.491 e. The maximum absolute atomic E-state index is 5.94. The number of benzene rings is 1. The van der Waals surface area contributed by atoms with E-state index in [0.717, 1.165) is 22.7 Å². The molecular formula is C15H14ClN3O. The highest BCUT2D eigenvalue weighted by molar-refractivity contribution is 6.29. The Labute approximate surface area is 122 Å². The molecule has 0 saturated heterocycles. The molecule has 0 unspecified atom stereocenters. The zero-order valence-electron chi connectivity index (χ0n) is 11.2. The molecular weight excluding hydrogens is 274 g/mol. The van der Waals surface area contributed by atoms with Crippen LogP contribution in [0.3, 0.4) is 0 Å². The molecule has 0 saturated carbocycles. The lowest BCUT2D eigenvalue weighted by molar-refractivity contribution is 0.242. The number of ether oxygens (including phenoxy) is 1. The summed E-state index contributed by atoms with van der Waals surface area (Å²) >= 11 is 5.94. The monoisotopic (exact) mass is 287 g/mol. The maximum Gasteiger partial charge on any atom is 0.154 e. The highest BCUT2D eigenvalue weighted by atomic mass is 35.5. The first-order valence-electron chi connectivity index (χ1n) is 6.41. The van der Waals surface area contributed by atoms with Crippen molar-refractivity contribution in [3.05, 3.63) is 47.7 Å². The quantitative estimate of drug-likeness (QED) is 0.735. The fraction of sp³-hybridized carbons (Fsp3) is 0.200. The lowest BCUT2D eigenvalue weighted by atomic mass is 10.1. The Kier molecular flexibility index (Phi) is 3.32. The van der Waals surface area contributed by atoms with Gasteiger partial charge in [-0.1, -0.05) is 11.6 Å². The van der Waals surface area contributed by atoms with E-state index in [4.69, 9.17) is 16.3 Å². The summed E-state index contributed by atoms with van der Waals surface area (Å²) in [4.78, 5) is 4.32. The summed E-state index contributed by atoms with van der Waals surface area (Å²) in [6.45, 7) is 4.01. The van der Waals surface area contributed by atoms with E-state index in [2.05, 4.69) is 10.1 Å². The number of hydrogen-bond acceptors (Lipinski definition) is 3. The van der Waals surface area contributed by atoms with Gasteiger partial charge in [-0.2, -0.15) is 5.10 Å². The smallest absolute Gasteiger partial charge is 0.154 e. The SMILES string of the molecule is CC(C)Oc1ccc(-c2cnc3ccc(Cl)nn23)cc1. The van der Waals surface area contributed by atoms with Gasteiger partial charge in [0, 0.05) is 5.56 Å². The summed E-state index contributed by atoms with van der Waals surface area (Å²) in [5.41, 5.74) is 2.69. The first-order valence-corrected chi connectivity index (χ1v) is 6.78. The zero-order valence-corrected chi connectivity index (χ0v) is 12.0. The normalized spacial score (nSPS) is 11.2. The summed E-state index contributed by atoms with van der Waals surface area (Å²) in [6, 6.07) is 11.4. The third kappa shape index (κ3) is 2.47. The Morgan fingerprint density at radius 2 is 1.85 bits per heavy atom. The molecule has 3 aromatic rings. The summed E-state index contributed by atoms with van der Waals surface area (Å²) < 4.78 is 7.37. The summed E-state index contributed by atoms with van der Waals surface area (Å²) in [5, 5.41) is 4.71. The Bertz CT molecular complexity index is 734. The highest BCUT2D eigenvalue weighted by Crippen LogP contribution is 2.23. The fourth-order valence-corrected chi connectivity index (χ4v) is 2.16. The van der Waals surface area contributed by atoms with Crippen LogP contribution in [0, 0.1) is 0 Å². The molecule has 1 aromatic carbocycles. The standard InChI is InChI=1S/C15H14ClN3O/c1-10(2)20-12-5-3-11(4-6-12)13-9-17-15-8-7-14(16)18-19(13)15/h3-10H,1-2H3. The van der Waals surface area contributed by atoms with Gasteiger partial charge in [0.05, 0.1) is 18.0 Å². The molecule has 0 radical (unpaired) electrons. The highest BCUT2D eigenvalue weighted by Gasteiger charge is 2.08. The zero-order chi connectivity index (χ0) is 14.1. The van der Waals surface area contributed by atoms with Gasteiger partial charge in [-0.05, 0) is 50.2 Å². The molecule has 0 aliphatic carbocycles. The molecule has 5 heteroatoms. The molecule has 3 rings (SSSR count). The van der Waals surface area contributed by atoms with Crippen molar-refractivity contribution in [1.82, 2.24) is 14.6 Å². The van der Waals surface area contributed by atoms with Gasteiger partial charge in [0.25, 0.3) is 0 Å². The molecule has 2 aromatic heterocycles. The molecule has 0 aliphatic heterocycles. The van der Waals surface area contributed by atoms with E-state index in [1.54, 1.807) is 16.8 Å². The van der Waals surface area contributed by atoms with Crippen LogP contribution in [0.15, 0.2) is 42.6 Å². The van der Waals surface area contributed by atoms with Crippen LogP contribution in [0.2, 0.25) is 5.15 Å². The lowest BCUT2D eigenvalue weighted by Gasteiger charge is -2.09. The van der Waals surface area contributed by atoms with Crippen LogP contribution in [0.5, 0.6) is 5.75 Å². The Morgan fingerprint density at radius 3 is 2.55 bits per heavy atom. The Morgan fingerprint density at radius 1 is 1.10 bits per heavy atom. The topological polar surface area (TPSA) is 39.4 Å².